The molecule has 6 nitrogen and oxygen atoms in total. The first-order chi connectivity index (χ1) is 13.4. The van der Waals surface area contributed by atoms with Crippen LogP contribution in [0.25, 0.3) is 0 Å². The lowest BCUT2D eigenvalue weighted by molar-refractivity contribution is 0.0696. The van der Waals surface area contributed by atoms with Gasteiger partial charge in [-0.25, -0.2) is 4.79 Å². The normalized spacial score (nSPS) is 10.2. The van der Waals surface area contributed by atoms with Crippen molar-refractivity contribution in [3.8, 4) is 0 Å². The summed E-state index contributed by atoms with van der Waals surface area (Å²) in [6.07, 6.45) is 0. The van der Waals surface area contributed by atoms with Crippen molar-refractivity contribution < 1.29 is 19.5 Å². The number of halogens is 1. The Morgan fingerprint density at radius 1 is 0.714 bits per heavy atom. The highest BCUT2D eigenvalue weighted by molar-refractivity contribution is 9.10. The van der Waals surface area contributed by atoms with Crippen LogP contribution in [0.1, 0.15) is 31.1 Å². The van der Waals surface area contributed by atoms with Gasteiger partial charge in [-0.2, -0.15) is 0 Å². The first-order valence-corrected chi connectivity index (χ1v) is 9.04. The average molecular weight is 439 g/mol. The molecular formula is C21H15BrN2O4. The molecule has 0 spiro atoms. The van der Waals surface area contributed by atoms with Crippen LogP contribution in [0, 0.1) is 0 Å². The molecule has 0 radical (unpaired) electrons. The van der Waals surface area contributed by atoms with Gasteiger partial charge in [-0.05, 0) is 70.5 Å². The smallest absolute Gasteiger partial charge is 0.335 e. The molecule has 0 saturated heterocycles. The van der Waals surface area contributed by atoms with Gasteiger partial charge in [-0.1, -0.05) is 18.2 Å². The molecular weight excluding hydrogens is 424 g/mol. The van der Waals surface area contributed by atoms with E-state index >= 15 is 0 Å². The number of amides is 2. The van der Waals surface area contributed by atoms with Gasteiger partial charge in [-0.15, -0.1) is 0 Å². The van der Waals surface area contributed by atoms with Gasteiger partial charge < -0.3 is 15.7 Å². The fourth-order valence-electron chi connectivity index (χ4n) is 2.48. The summed E-state index contributed by atoms with van der Waals surface area (Å²) in [4.78, 5) is 35.7. The zero-order chi connectivity index (χ0) is 20.1. The third kappa shape index (κ3) is 4.63. The van der Waals surface area contributed by atoms with Crippen molar-refractivity contribution in [2.24, 2.45) is 0 Å². The van der Waals surface area contributed by atoms with Crippen molar-refractivity contribution >= 4 is 45.1 Å². The molecule has 0 bridgehead atoms. The molecule has 0 atom stereocenters. The summed E-state index contributed by atoms with van der Waals surface area (Å²) in [5.74, 6) is -1.71. The molecule has 3 N–H and O–H groups in total. The number of carboxylic acid groups (broad SMARTS) is 1. The van der Waals surface area contributed by atoms with Crippen LogP contribution in [0.5, 0.6) is 0 Å². The first-order valence-electron chi connectivity index (χ1n) is 8.25. The number of hydrogen-bond acceptors (Lipinski definition) is 3. The molecule has 3 aromatic carbocycles. The lowest BCUT2D eigenvalue weighted by atomic mass is 10.1. The molecule has 0 aromatic heterocycles. The van der Waals surface area contributed by atoms with Gasteiger partial charge in [0.1, 0.15) is 0 Å². The summed E-state index contributed by atoms with van der Waals surface area (Å²) in [6.45, 7) is 0. The Bertz CT molecular complexity index is 1050. The van der Waals surface area contributed by atoms with Crippen molar-refractivity contribution in [3.05, 3.63) is 94.0 Å². The van der Waals surface area contributed by atoms with Crippen LogP contribution in [0.2, 0.25) is 0 Å². The van der Waals surface area contributed by atoms with Crippen LogP contribution in [0.4, 0.5) is 11.4 Å². The zero-order valence-electron chi connectivity index (χ0n) is 14.5. The standard InChI is InChI=1S/C21H15BrN2O4/c22-18-7-2-1-6-17(18)20(26)24-16-5-3-4-14(12-16)19(25)23-15-10-8-13(9-11-15)21(27)28/h1-12H,(H,23,25)(H,24,26)(H,27,28). The molecule has 0 aliphatic rings. The van der Waals surface area contributed by atoms with Gasteiger partial charge in [0.15, 0.2) is 0 Å². The van der Waals surface area contributed by atoms with E-state index in [4.69, 9.17) is 5.11 Å². The molecule has 0 heterocycles. The van der Waals surface area contributed by atoms with E-state index < -0.39 is 5.97 Å². The highest BCUT2D eigenvalue weighted by Crippen LogP contribution is 2.19. The Kier molecular flexibility index (Phi) is 5.86. The molecule has 140 valence electrons. The third-order valence-corrected chi connectivity index (χ3v) is 4.58. The summed E-state index contributed by atoms with van der Waals surface area (Å²) in [5.41, 5.74) is 1.92. The summed E-state index contributed by atoms with van der Waals surface area (Å²) >= 11 is 3.34. The number of benzene rings is 3. The Balaban J connectivity index is 1.71. The lowest BCUT2D eigenvalue weighted by Crippen LogP contribution is -2.15. The van der Waals surface area contributed by atoms with Gasteiger partial charge in [0, 0.05) is 21.4 Å². The Hall–Kier alpha value is -3.45. The van der Waals surface area contributed by atoms with Gasteiger partial charge in [0.25, 0.3) is 11.8 Å². The maximum Gasteiger partial charge on any atom is 0.335 e. The van der Waals surface area contributed by atoms with Crippen molar-refractivity contribution in [2.45, 2.75) is 0 Å². The van der Waals surface area contributed by atoms with E-state index in [2.05, 4.69) is 26.6 Å². The number of carbonyl (C=O) groups excluding carboxylic acids is 2. The van der Waals surface area contributed by atoms with Crippen LogP contribution in [-0.4, -0.2) is 22.9 Å². The van der Waals surface area contributed by atoms with Crippen molar-refractivity contribution in [1.82, 2.24) is 0 Å². The van der Waals surface area contributed by atoms with Gasteiger partial charge in [0.05, 0.1) is 11.1 Å². The van der Waals surface area contributed by atoms with E-state index in [1.165, 1.54) is 24.3 Å². The Morgan fingerprint density at radius 2 is 1.39 bits per heavy atom. The predicted octanol–water partition coefficient (Wildman–Crippen LogP) is 4.65. The summed E-state index contributed by atoms with van der Waals surface area (Å²) in [6, 6.07) is 19.4. The minimum atomic E-state index is -1.04. The quantitative estimate of drug-likeness (QED) is 0.539. The minimum absolute atomic E-state index is 0.134. The molecule has 0 aliphatic heterocycles. The third-order valence-electron chi connectivity index (χ3n) is 3.89. The van der Waals surface area contributed by atoms with Crippen molar-refractivity contribution in [2.75, 3.05) is 10.6 Å². The summed E-state index contributed by atoms with van der Waals surface area (Å²) in [5, 5.41) is 14.4. The number of anilines is 2. The highest BCUT2D eigenvalue weighted by atomic mass is 79.9. The average Bonchev–Trinajstić information content (AvgIpc) is 2.69. The maximum atomic E-state index is 12.4. The van der Waals surface area contributed by atoms with Crippen LogP contribution >= 0.6 is 15.9 Å². The fourth-order valence-corrected chi connectivity index (χ4v) is 2.95. The molecule has 0 fully saturated rings. The second-order valence-electron chi connectivity index (χ2n) is 5.85. The number of rotatable bonds is 5. The predicted molar refractivity (Wildman–Crippen MR) is 110 cm³/mol. The van der Waals surface area contributed by atoms with E-state index in [9.17, 15) is 14.4 Å². The number of hydrogen-bond donors (Lipinski definition) is 3. The maximum absolute atomic E-state index is 12.4. The molecule has 28 heavy (non-hydrogen) atoms. The second-order valence-corrected chi connectivity index (χ2v) is 6.71. The number of carboxylic acids is 1. The molecule has 3 rings (SSSR count). The van der Waals surface area contributed by atoms with E-state index in [-0.39, 0.29) is 17.4 Å². The number of aromatic carboxylic acids is 1. The number of nitrogens with one attached hydrogen (secondary N) is 2. The van der Waals surface area contributed by atoms with Crippen molar-refractivity contribution in [3.63, 3.8) is 0 Å². The van der Waals surface area contributed by atoms with E-state index in [1.54, 1.807) is 42.5 Å². The van der Waals surface area contributed by atoms with E-state index in [0.717, 1.165) is 0 Å². The minimum Gasteiger partial charge on any atom is -0.478 e. The summed E-state index contributed by atoms with van der Waals surface area (Å²) < 4.78 is 0.672. The molecule has 0 unspecified atom stereocenters. The van der Waals surface area contributed by atoms with Crippen LogP contribution in [0.15, 0.2) is 77.3 Å². The lowest BCUT2D eigenvalue weighted by Gasteiger charge is -2.09. The topological polar surface area (TPSA) is 95.5 Å². The Labute approximate surface area is 169 Å². The first kappa shape index (κ1) is 19.3. The fraction of sp³-hybridized carbons (Fsp3) is 0. The molecule has 3 aromatic rings. The largest absolute Gasteiger partial charge is 0.478 e. The molecule has 2 amide bonds. The molecule has 0 aliphatic carbocycles. The second kappa shape index (κ2) is 8.49. The van der Waals surface area contributed by atoms with Gasteiger partial charge >= 0.3 is 5.97 Å². The SMILES string of the molecule is O=C(O)c1ccc(NC(=O)c2cccc(NC(=O)c3ccccc3Br)c2)cc1. The zero-order valence-corrected chi connectivity index (χ0v) is 16.1. The van der Waals surface area contributed by atoms with E-state index in [0.29, 0.717) is 27.0 Å². The van der Waals surface area contributed by atoms with Crippen LogP contribution in [-0.2, 0) is 0 Å². The van der Waals surface area contributed by atoms with Crippen molar-refractivity contribution in [1.29, 1.82) is 0 Å². The molecule has 7 heteroatoms. The Morgan fingerprint density at radius 3 is 2.07 bits per heavy atom. The monoisotopic (exact) mass is 438 g/mol. The summed E-state index contributed by atoms with van der Waals surface area (Å²) in [7, 11) is 0. The highest BCUT2D eigenvalue weighted by Gasteiger charge is 2.12. The van der Waals surface area contributed by atoms with Gasteiger partial charge in [0.2, 0.25) is 0 Å². The van der Waals surface area contributed by atoms with E-state index in [1.807, 2.05) is 6.07 Å². The van der Waals surface area contributed by atoms with Crippen LogP contribution in [0.3, 0.4) is 0 Å². The number of carbonyl (C=O) groups is 3. The molecule has 0 saturated carbocycles. The van der Waals surface area contributed by atoms with Gasteiger partial charge in [-0.3, -0.25) is 9.59 Å². The van der Waals surface area contributed by atoms with Crippen LogP contribution < -0.4 is 10.6 Å².